The zero-order valence-electron chi connectivity index (χ0n) is 15.7. The average Bonchev–Trinajstić information content (AvgIpc) is 2.48. The van der Waals surface area contributed by atoms with Gasteiger partial charge in [0.25, 0.3) is 10.1 Å². The maximum Gasteiger partial charge on any atom is 0.264 e. The molecule has 0 unspecified atom stereocenters. The third kappa shape index (κ3) is 18.9. The fourth-order valence-electron chi connectivity index (χ4n) is 2.43. The minimum absolute atomic E-state index is 0. The summed E-state index contributed by atoms with van der Waals surface area (Å²) in [7, 11) is -3.71. The maximum atomic E-state index is 10.2. The quantitative estimate of drug-likeness (QED) is 0.215. The molecule has 0 atom stereocenters. The van der Waals surface area contributed by atoms with Gasteiger partial charge < -0.3 is 9.19 Å². The molecule has 0 aromatic carbocycles. The van der Waals surface area contributed by atoms with Crippen LogP contribution in [-0.4, -0.2) is 49.4 Å². The third-order valence-corrected chi connectivity index (χ3v) is 4.38. The van der Waals surface area contributed by atoms with Crippen LogP contribution in [0.25, 0.3) is 0 Å². The van der Waals surface area contributed by atoms with Crippen molar-refractivity contribution in [1.82, 2.24) is 0 Å². The van der Waals surface area contributed by atoms with E-state index in [9.17, 15) is 8.42 Å². The van der Waals surface area contributed by atoms with Crippen LogP contribution in [0.15, 0.2) is 50.6 Å². The molecule has 0 amide bonds. The van der Waals surface area contributed by atoms with Gasteiger partial charge in [-0.25, -0.2) is 0 Å². The van der Waals surface area contributed by atoms with E-state index in [1.54, 1.807) is 0 Å². The molecule has 25 heavy (non-hydrogen) atoms. The average molecular weight is 378 g/mol. The summed E-state index contributed by atoms with van der Waals surface area (Å²) in [5.41, 5.74) is 0. The van der Waals surface area contributed by atoms with Crippen LogP contribution in [0.1, 0.15) is 39.0 Å². The number of quaternary nitrogens is 1. The highest BCUT2D eigenvalue weighted by Crippen LogP contribution is 2.07. The van der Waals surface area contributed by atoms with Crippen LogP contribution in [0.3, 0.4) is 0 Å². The first-order valence-corrected chi connectivity index (χ1v) is 10.2. The van der Waals surface area contributed by atoms with Crippen LogP contribution in [0, 0.1) is 0 Å². The van der Waals surface area contributed by atoms with Crippen LogP contribution < -0.4 is 4.70 Å². The van der Waals surface area contributed by atoms with Crippen LogP contribution in [0.2, 0.25) is 0 Å². The lowest BCUT2D eigenvalue weighted by Gasteiger charge is -2.35. The molecule has 0 fully saturated rings. The zero-order chi connectivity index (χ0) is 18.9. The summed E-state index contributed by atoms with van der Waals surface area (Å²) < 4.78 is 29.7. The summed E-state index contributed by atoms with van der Waals surface area (Å²) in [5.74, 6) is -0.0866. The molecule has 0 aliphatic rings. The second-order valence-corrected chi connectivity index (χ2v) is 7.50. The van der Waals surface area contributed by atoms with E-state index in [0.29, 0.717) is 6.42 Å². The van der Waals surface area contributed by atoms with Crippen molar-refractivity contribution in [3.8, 4) is 0 Å². The van der Waals surface area contributed by atoms with Crippen molar-refractivity contribution >= 4 is 10.1 Å². The Kier molecular flexibility index (Phi) is 20.1. The zero-order valence-corrected chi connectivity index (χ0v) is 16.5. The number of halogens is 1. The van der Waals surface area contributed by atoms with E-state index in [0.717, 1.165) is 56.3 Å². The Hall–Kier alpha value is -1.24. The molecule has 0 aromatic rings. The molecule has 0 spiro atoms. The molecule has 0 bridgehead atoms. The van der Waals surface area contributed by atoms with Gasteiger partial charge in [-0.1, -0.05) is 58.9 Å². The Morgan fingerprint density at radius 1 is 0.800 bits per heavy atom. The minimum atomic E-state index is -3.71. The smallest absolute Gasteiger partial charge is 0.264 e. The van der Waals surface area contributed by atoms with Gasteiger partial charge in [-0.3, -0.25) is 4.55 Å². The molecule has 148 valence electrons. The minimum Gasteiger partial charge on any atom is -1.00 e. The van der Waals surface area contributed by atoms with E-state index < -0.39 is 10.1 Å². The standard InChI is InChI=1S/C12H20N.C7H16O3S.FH/c1-5-9-13(10-6-2,11-7-3)12-8-4;1-2-3-4-5-6-7-11(8,9)10;/h5-8H,1-4,9-12H2;2-7H2,1H3,(H,8,9,10);1H/q+1;;/p-1. The van der Waals surface area contributed by atoms with Crippen LogP contribution >= 0.6 is 0 Å². The summed E-state index contributed by atoms with van der Waals surface area (Å²) in [4.78, 5) is 0. The fraction of sp³-hybridized carbons (Fsp3) is 0.579. The van der Waals surface area contributed by atoms with Gasteiger partial charge in [0.1, 0.15) is 0 Å². The van der Waals surface area contributed by atoms with Crippen molar-refractivity contribution in [3.63, 3.8) is 0 Å². The molecule has 0 aliphatic carbocycles. The largest absolute Gasteiger partial charge is 1.00 e. The second kappa shape index (κ2) is 17.6. The molecule has 0 aliphatic heterocycles. The van der Waals surface area contributed by atoms with Crippen molar-refractivity contribution in [3.05, 3.63) is 50.6 Å². The summed E-state index contributed by atoms with van der Waals surface area (Å²) in [6, 6.07) is 0. The van der Waals surface area contributed by atoms with Gasteiger partial charge >= 0.3 is 0 Å². The first-order valence-electron chi connectivity index (χ1n) is 8.54. The molecule has 0 aromatic heterocycles. The summed E-state index contributed by atoms with van der Waals surface area (Å²) in [5, 5.41) is 0. The lowest BCUT2D eigenvalue weighted by atomic mass is 10.2. The van der Waals surface area contributed by atoms with Gasteiger partial charge in [-0.2, -0.15) is 8.42 Å². The van der Waals surface area contributed by atoms with E-state index in [1.165, 1.54) is 0 Å². The van der Waals surface area contributed by atoms with Gasteiger partial charge in [0.05, 0.1) is 31.9 Å². The second-order valence-electron chi connectivity index (χ2n) is 5.93. The van der Waals surface area contributed by atoms with Gasteiger partial charge in [-0.15, -0.1) is 0 Å². The maximum absolute atomic E-state index is 10.2. The summed E-state index contributed by atoms with van der Waals surface area (Å²) >= 11 is 0. The Morgan fingerprint density at radius 3 is 1.44 bits per heavy atom. The first kappa shape index (κ1) is 28.6. The monoisotopic (exact) mass is 377 g/mol. The fourth-order valence-corrected chi connectivity index (χ4v) is 3.00. The molecule has 0 saturated carbocycles. The topological polar surface area (TPSA) is 54.4 Å². The predicted octanol–water partition coefficient (Wildman–Crippen LogP) is 1.40. The van der Waals surface area contributed by atoms with Crippen molar-refractivity contribution in [2.75, 3.05) is 31.9 Å². The predicted molar refractivity (Wildman–Crippen MR) is 106 cm³/mol. The van der Waals surface area contributed by atoms with Gasteiger partial charge in [0.15, 0.2) is 0 Å². The number of hydrogen-bond donors (Lipinski definition) is 1. The molecule has 1 N–H and O–H groups in total. The molecule has 0 radical (unpaired) electrons. The van der Waals surface area contributed by atoms with Crippen molar-refractivity contribution < 1.29 is 22.2 Å². The molecule has 6 heteroatoms. The molecule has 0 rings (SSSR count). The van der Waals surface area contributed by atoms with E-state index in [4.69, 9.17) is 4.55 Å². The van der Waals surface area contributed by atoms with Crippen molar-refractivity contribution in [2.24, 2.45) is 0 Å². The highest BCUT2D eigenvalue weighted by molar-refractivity contribution is 7.85. The van der Waals surface area contributed by atoms with E-state index >= 15 is 0 Å². The summed E-state index contributed by atoms with van der Waals surface area (Å²) in [6.07, 6.45) is 12.6. The SMILES string of the molecule is C=CC[N+](CC=C)(CC=C)CC=C.CCCCCCCS(=O)(=O)O.[F-]. The van der Waals surface area contributed by atoms with Crippen LogP contribution in [-0.2, 0) is 10.1 Å². The van der Waals surface area contributed by atoms with Crippen LogP contribution in [0.5, 0.6) is 0 Å². The van der Waals surface area contributed by atoms with E-state index in [2.05, 4.69) is 33.2 Å². The number of nitrogens with zero attached hydrogens (tertiary/aromatic N) is 1. The third-order valence-electron chi connectivity index (χ3n) is 3.57. The Bertz CT molecular complexity index is 416. The lowest BCUT2D eigenvalue weighted by molar-refractivity contribution is -0.906. The van der Waals surface area contributed by atoms with Gasteiger partial charge in [-0.05, 0) is 30.7 Å². The Labute approximate surface area is 154 Å². The molecule has 0 heterocycles. The highest BCUT2D eigenvalue weighted by atomic mass is 32.2. The summed E-state index contributed by atoms with van der Waals surface area (Å²) in [6.45, 7) is 20.9. The van der Waals surface area contributed by atoms with Crippen molar-refractivity contribution in [1.29, 1.82) is 0 Å². The molecule has 4 nitrogen and oxygen atoms in total. The first-order chi connectivity index (χ1) is 11.3. The van der Waals surface area contributed by atoms with Gasteiger partial charge in [0, 0.05) is 0 Å². The molecular formula is C19H36FNO3S. The van der Waals surface area contributed by atoms with Crippen LogP contribution in [0.4, 0.5) is 0 Å². The Balaban J connectivity index is -0.000000377. The number of hydrogen-bond acceptors (Lipinski definition) is 2. The molecular weight excluding hydrogens is 341 g/mol. The van der Waals surface area contributed by atoms with E-state index in [1.807, 2.05) is 24.3 Å². The molecule has 0 saturated heterocycles. The number of unbranched alkanes of at least 4 members (excludes halogenated alkanes) is 4. The van der Waals surface area contributed by atoms with Gasteiger partial charge in [0.2, 0.25) is 0 Å². The lowest BCUT2D eigenvalue weighted by Crippen LogP contribution is -3.00. The van der Waals surface area contributed by atoms with E-state index in [-0.39, 0.29) is 10.5 Å². The normalized spacial score (nSPS) is 10.6. The Morgan fingerprint density at radius 2 is 1.16 bits per heavy atom. The van der Waals surface area contributed by atoms with Crippen molar-refractivity contribution in [2.45, 2.75) is 39.0 Å². The highest BCUT2D eigenvalue weighted by Gasteiger charge is 2.20. The number of rotatable bonds is 14.